The summed E-state index contributed by atoms with van der Waals surface area (Å²) in [6.07, 6.45) is 5.38. The van der Waals surface area contributed by atoms with Crippen molar-refractivity contribution in [2.75, 3.05) is 12.3 Å². The number of ether oxygens (including phenoxy) is 2. The van der Waals surface area contributed by atoms with Crippen LogP contribution in [0.3, 0.4) is 0 Å². The van der Waals surface area contributed by atoms with E-state index in [1.54, 1.807) is 18.2 Å². The van der Waals surface area contributed by atoms with E-state index in [0.717, 1.165) is 31.6 Å². The molecule has 4 nitrogen and oxygen atoms in total. The number of rotatable bonds is 5. The third-order valence-electron chi connectivity index (χ3n) is 4.21. The fourth-order valence-electron chi connectivity index (χ4n) is 2.91. The van der Waals surface area contributed by atoms with Crippen LogP contribution in [-0.2, 0) is 4.74 Å². The molecule has 0 aliphatic heterocycles. The predicted molar refractivity (Wildman–Crippen MR) is 83.5 cm³/mol. The van der Waals surface area contributed by atoms with E-state index in [2.05, 4.69) is 6.92 Å². The lowest BCUT2D eigenvalue weighted by atomic mass is 9.86. The van der Waals surface area contributed by atoms with Gasteiger partial charge in [-0.1, -0.05) is 19.4 Å². The third-order valence-corrected chi connectivity index (χ3v) is 4.21. The number of carbonyl (C=O) groups excluding carboxylic acids is 1. The highest BCUT2D eigenvalue weighted by Gasteiger charge is 2.25. The molecule has 0 spiro atoms. The van der Waals surface area contributed by atoms with Crippen molar-refractivity contribution >= 4 is 11.7 Å². The quantitative estimate of drug-likeness (QED) is 0.662. The Kier molecular flexibility index (Phi) is 5.48. The molecular formula is C17H25NO3. The van der Waals surface area contributed by atoms with Crippen molar-refractivity contribution in [3.8, 4) is 5.75 Å². The zero-order valence-corrected chi connectivity index (χ0v) is 12.9. The molecule has 1 fully saturated rings. The van der Waals surface area contributed by atoms with Crippen molar-refractivity contribution in [2.24, 2.45) is 5.92 Å². The summed E-state index contributed by atoms with van der Waals surface area (Å²) in [5.74, 6) is 0.918. The highest BCUT2D eigenvalue weighted by molar-refractivity contribution is 5.98. The maximum absolute atomic E-state index is 12.4. The molecule has 21 heavy (non-hydrogen) atoms. The van der Waals surface area contributed by atoms with E-state index in [0.29, 0.717) is 23.6 Å². The highest BCUT2D eigenvalue weighted by Crippen LogP contribution is 2.31. The molecule has 0 atom stereocenters. The lowest BCUT2D eigenvalue weighted by Gasteiger charge is -2.27. The molecule has 0 radical (unpaired) electrons. The van der Waals surface area contributed by atoms with Crippen LogP contribution in [0.25, 0.3) is 0 Å². The van der Waals surface area contributed by atoms with E-state index in [4.69, 9.17) is 15.2 Å². The average molecular weight is 291 g/mol. The average Bonchev–Trinajstić information content (AvgIpc) is 2.48. The molecule has 1 aromatic carbocycles. The maximum Gasteiger partial charge on any atom is 0.344 e. The number of hydrogen-bond acceptors (Lipinski definition) is 4. The molecule has 116 valence electrons. The maximum atomic E-state index is 12.4. The van der Waals surface area contributed by atoms with E-state index in [-0.39, 0.29) is 12.1 Å². The Morgan fingerprint density at radius 2 is 1.95 bits per heavy atom. The lowest BCUT2D eigenvalue weighted by Crippen LogP contribution is -2.25. The molecule has 2 rings (SSSR count). The normalized spacial score (nSPS) is 21.8. The van der Waals surface area contributed by atoms with E-state index in [1.807, 2.05) is 6.92 Å². The number of nitrogen functional groups attached to an aromatic ring is 1. The van der Waals surface area contributed by atoms with Crippen LogP contribution in [0, 0.1) is 5.92 Å². The molecule has 1 saturated carbocycles. The zero-order valence-electron chi connectivity index (χ0n) is 12.9. The summed E-state index contributed by atoms with van der Waals surface area (Å²) in [6, 6.07) is 5.24. The SMILES string of the molecule is CCOc1cccc(N)c1C(=O)OC1CCC(CC)CC1. The molecule has 1 aromatic rings. The first-order valence-corrected chi connectivity index (χ1v) is 7.87. The van der Waals surface area contributed by atoms with Crippen molar-refractivity contribution in [1.29, 1.82) is 0 Å². The molecule has 0 aromatic heterocycles. The number of esters is 1. The van der Waals surface area contributed by atoms with Gasteiger partial charge < -0.3 is 15.2 Å². The largest absolute Gasteiger partial charge is 0.493 e. The van der Waals surface area contributed by atoms with E-state index in [9.17, 15) is 4.79 Å². The van der Waals surface area contributed by atoms with Gasteiger partial charge in [-0.2, -0.15) is 0 Å². The molecule has 0 amide bonds. The predicted octanol–water partition coefficient (Wildman–Crippen LogP) is 3.79. The fourth-order valence-corrected chi connectivity index (χ4v) is 2.91. The standard InChI is InChI=1S/C17H25NO3/c1-3-12-8-10-13(11-9-12)21-17(19)16-14(18)6-5-7-15(16)20-4-2/h5-7,12-13H,3-4,8-11,18H2,1-2H3. The minimum Gasteiger partial charge on any atom is -0.493 e. The van der Waals surface area contributed by atoms with Crippen molar-refractivity contribution < 1.29 is 14.3 Å². The molecular weight excluding hydrogens is 266 g/mol. The van der Waals surface area contributed by atoms with Gasteiger partial charge in [0.1, 0.15) is 17.4 Å². The molecule has 2 N–H and O–H groups in total. The zero-order chi connectivity index (χ0) is 15.2. The van der Waals surface area contributed by atoms with E-state index >= 15 is 0 Å². The summed E-state index contributed by atoms with van der Waals surface area (Å²) < 4.78 is 11.1. The molecule has 0 bridgehead atoms. The Hall–Kier alpha value is -1.71. The Morgan fingerprint density at radius 1 is 1.24 bits per heavy atom. The molecule has 1 aliphatic rings. The smallest absolute Gasteiger partial charge is 0.344 e. The highest BCUT2D eigenvalue weighted by atomic mass is 16.5. The van der Waals surface area contributed by atoms with Crippen LogP contribution in [0.5, 0.6) is 5.75 Å². The van der Waals surface area contributed by atoms with Crippen molar-refractivity contribution in [3.63, 3.8) is 0 Å². The fraction of sp³-hybridized carbons (Fsp3) is 0.588. The van der Waals surface area contributed by atoms with Crippen LogP contribution in [0.15, 0.2) is 18.2 Å². The van der Waals surface area contributed by atoms with Crippen molar-refractivity contribution in [3.05, 3.63) is 23.8 Å². The number of nitrogens with two attached hydrogens (primary N) is 1. The Balaban J connectivity index is 2.04. The second-order valence-corrected chi connectivity index (χ2v) is 5.61. The van der Waals surface area contributed by atoms with Gasteiger partial charge in [0.2, 0.25) is 0 Å². The Morgan fingerprint density at radius 3 is 2.57 bits per heavy atom. The van der Waals surface area contributed by atoms with Gasteiger partial charge in [0.25, 0.3) is 0 Å². The minimum atomic E-state index is -0.364. The lowest BCUT2D eigenvalue weighted by molar-refractivity contribution is 0.0162. The Bertz CT molecular complexity index is 479. The minimum absolute atomic E-state index is 0.00869. The van der Waals surface area contributed by atoms with E-state index in [1.165, 1.54) is 6.42 Å². The molecule has 0 heterocycles. The molecule has 4 heteroatoms. The van der Waals surface area contributed by atoms with Crippen LogP contribution < -0.4 is 10.5 Å². The van der Waals surface area contributed by atoms with Crippen molar-refractivity contribution in [2.45, 2.75) is 52.1 Å². The summed E-state index contributed by atoms with van der Waals surface area (Å²) in [4.78, 5) is 12.4. The summed E-state index contributed by atoms with van der Waals surface area (Å²) in [5.41, 5.74) is 6.69. The van der Waals surface area contributed by atoms with Gasteiger partial charge >= 0.3 is 5.97 Å². The number of carbonyl (C=O) groups is 1. The van der Waals surface area contributed by atoms with E-state index < -0.39 is 0 Å². The van der Waals surface area contributed by atoms with Gasteiger partial charge in [-0.15, -0.1) is 0 Å². The van der Waals surface area contributed by atoms with Crippen LogP contribution in [0.1, 0.15) is 56.3 Å². The van der Waals surface area contributed by atoms with Gasteiger partial charge in [0.15, 0.2) is 0 Å². The topological polar surface area (TPSA) is 61.5 Å². The van der Waals surface area contributed by atoms with Gasteiger partial charge in [-0.05, 0) is 50.7 Å². The number of anilines is 1. The first-order valence-electron chi connectivity index (χ1n) is 7.87. The van der Waals surface area contributed by atoms with Crippen LogP contribution in [-0.4, -0.2) is 18.7 Å². The molecule has 0 unspecified atom stereocenters. The number of benzene rings is 1. The monoisotopic (exact) mass is 291 g/mol. The second-order valence-electron chi connectivity index (χ2n) is 5.61. The van der Waals surface area contributed by atoms with Gasteiger partial charge in [-0.25, -0.2) is 4.79 Å². The van der Waals surface area contributed by atoms with Crippen molar-refractivity contribution in [1.82, 2.24) is 0 Å². The molecule has 0 saturated heterocycles. The summed E-state index contributed by atoms with van der Waals surface area (Å²) in [6.45, 7) is 4.59. The Labute approximate surface area is 126 Å². The third kappa shape index (κ3) is 3.90. The summed E-state index contributed by atoms with van der Waals surface area (Å²) in [5, 5.41) is 0. The first kappa shape index (κ1) is 15.7. The first-order chi connectivity index (χ1) is 10.2. The van der Waals surface area contributed by atoms with Gasteiger partial charge in [-0.3, -0.25) is 0 Å². The molecule has 1 aliphatic carbocycles. The van der Waals surface area contributed by atoms with Crippen LogP contribution in [0.4, 0.5) is 5.69 Å². The van der Waals surface area contributed by atoms with Crippen LogP contribution in [0.2, 0.25) is 0 Å². The summed E-state index contributed by atoms with van der Waals surface area (Å²) in [7, 11) is 0. The second kappa shape index (κ2) is 7.34. The number of hydrogen-bond donors (Lipinski definition) is 1. The van der Waals surface area contributed by atoms with Gasteiger partial charge in [0, 0.05) is 5.69 Å². The van der Waals surface area contributed by atoms with Crippen LogP contribution >= 0.6 is 0 Å². The van der Waals surface area contributed by atoms with Gasteiger partial charge in [0.05, 0.1) is 6.61 Å². The summed E-state index contributed by atoms with van der Waals surface area (Å²) >= 11 is 0.